The van der Waals surface area contributed by atoms with Crippen LogP contribution in [0, 0.1) is 0 Å². The zero-order chi connectivity index (χ0) is 15.5. The number of methoxy groups -OCH3 is 2. The van der Waals surface area contributed by atoms with Crippen LogP contribution in [-0.4, -0.2) is 42.1 Å². The highest BCUT2D eigenvalue weighted by Crippen LogP contribution is 2.28. The molecule has 1 atom stereocenters. The summed E-state index contributed by atoms with van der Waals surface area (Å²) in [6.07, 6.45) is 2.13. The van der Waals surface area contributed by atoms with Crippen molar-refractivity contribution in [1.82, 2.24) is 14.7 Å². The van der Waals surface area contributed by atoms with Crippen LogP contribution in [-0.2, 0) is 24.9 Å². The smallest absolute Gasteiger partial charge is 0.118 e. The highest BCUT2D eigenvalue weighted by atomic mass is 16.5. The SMILES string of the molecule is COCC1CN(Cc2ccc(OC)cc2)Cc2nn(C)cc21. The molecule has 0 amide bonds. The molecule has 5 nitrogen and oxygen atoms in total. The summed E-state index contributed by atoms with van der Waals surface area (Å²) in [6, 6.07) is 8.27. The Morgan fingerprint density at radius 1 is 1.23 bits per heavy atom. The minimum Gasteiger partial charge on any atom is -0.497 e. The van der Waals surface area contributed by atoms with Gasteiger partial charge in [-0.15, -0.1) is 0 Å². The van der Waals surface area contributed by atoms with Gasteiger partial charge in [-0.2, -0.15) is 5.10 Å². The second-order valence-electron chi connectivity index (χ2n) is 5.87. The Balaban J connectivity index is 1.74. The van der Waals surface area contributed by atoms with E-state index in [0.717, 1.165) is 32.0 Å². The van der Waals surface area contributed by atoms with Crippen molar-refractivity contribution in [2.24, 2.45) is 7.05 Å². The highest BCUT2D eigenvalue weighted by molar-refractivity contribution is 5.29. The van der Waals surface area contributed by atoms with Crippen LogP contribution in [0.4, 0.5) is 0 Å². The summed E-state index contributed by atoms with van der Waals surface area (Å²) in [7, 11) is 5.44. The molecule has 0 saturated heterocycles. The average molecular weight is 301 g/mol. The van der Waals surface area contributed by atoms with Crippen molar-refractivity contribution in [1.29, 1.82) is 0 Å². The fourth-order valence-corrected chi connectivity index (χ4v) is 3.16. The van der Waals surface area contributed by atoms with Gasteiger partial charge in [0, 0.05) is 51.5 Å². The van der Waals surface area contributed by atoms with Crippen LogP contribution in [0.3, 0.4) is 0 Å². The molecule has 0 N–H and O–H groups in total. The zero-order valence-corrected chi connectivity index (χ0v) is 13.5. The Bertz CT molecular complexity index is 621. The lowest BCUT2D eigenvalue weighted by Crippen LogP contribution is -2.34. The molecule has 1 aliphatic heterocycles. The Morgan fingerprint density at radius 3 is 2.68 bits per heavy atom. The minimum atomic E-state index is 0.390. The summed E-state index contributed by atoms with van der Waals surface area (Å²) in [5.74, 6) is 1.28. The monoisotopic (exact) mass is 301 g/mol. The molecule has 0 radical (unpaired) electrons. The number of nitrogens with zero attached hydrogens (tertiary/aromatic N) is 3. The second-order valence-corrected chi connectivity index (χ2v) is 5.87. The van der Waals surface area contributed by atoms with E-state index in [1.165, 1.54) is 16.8 Å². The van der Waals surface area contributed by atoms with Crippen molar-refractivity contribution in [3.63, 3.8) is 0 Å². The first kappa shape index (κ1) is 15.1. The van der Waals surface area contributed by atoms with Gasteiger partial charge < -0.3 is 9.47 Å². The first-order valence-corrected chi connectivity index (χ1v) is 7.56. The number of hydrogen-bond donors (Lipinski definition) is 0. The van der Waals surface area contributed by atoms with Gasteiger partial charge in [-0.1, -0.05) is 12.1 Å². The average Bonchev–Trinajstić information content (AvgIpc) is 2.89. The van der Waals surface area contributed by atoms with Gasteiger partial charge in [-0.05, 0) is 17.7 Å². The van der Waals surface area contributed by atoms with Crippen molar-refractivity contribution in [3.05, 3.63) is 47.3 Å². The summed E-state index contributed by atoms with van der Waals surface area (Å²) >= 11 is 0. The van der Waals surface area contributed by atoms with Crippen LogP contribution in [0.25, 0.3) is 0 Å². The molecule has 2 heterocycles. The van der Waals surface area contributed by atoms with Gasteiger partial charge in [0.05, 0.1) is 19.4 Å². The molecule has 3 rings (SSSR count). The predicted octanol–water partition coefficient (Wildman–Crippen LogP) is 2.17. The van der Waals surface area contributed by atoms with Crippen LogP contribution >= 0.6 is 0 Å². The van der Waals surface area contributed by atoms with Crippen LogP contribution < -0.4 is 4.74 Å². The first-order valence-electron chi connectivity index (χ1n) is 7.56. The van der Waals surface area contributed by atoms with E-state index in [9.17, 15) is 0 Å². The fraction of sp³-hybridized carbons (Fsp3) is 0.471. The molecule has 5 heteroatoms. The lowest BCUT2D eigenvalue weighted by Gasteiger charge is -2.31. The number of aryl methyl sites for hydroxylation is 1. The molecule has 1 aromatic heterocycles. The second kappa shape index (κ2) is 6.50. The van der Waals surface area contributed by atoms with E-state index in [1.54, 1.807) is 14.2 Å². The third-order valence-corrected chi connectivity index (χ3v) is 4.16. The summed E-state index contributed by atoms with van der Waals surface area (Å²) in [6.45, 7) is 3.54. The van der Waals surface area contributed by atoms with Crippen molar-refractivity contribution in [2.45, 2.75) is 19.0 Å². The topological polar surface area (TPSA) is 39.5 Å². The van der Waals surface area contributed by atoms with E-state index in [0.29, 0.717) is 5.92 Å². The van der Waals surface area contributed by atoms with Crippen molar-refractivity contribution < 1.29 is 9.47 Å². The number of aromatic nitrogens is 2. The van der Waals surface area contributed by atoms with Gasteiger partial charge in [0.2, 0.25) is 0 Å². The molecule has 0 aliphatic carbocycles. The lowest BCUT2D eigenvalue weighted by molar-refractivity contribution is 0.135. The maximum Gasteiger partial charge on any atom is 0.118 e. The lowest BCUT2D eigenvalue weighted by atomic mass is 9.95. The van der Waals surface area contributed by atoms with E-state index in [1.807, 2.05) is 23.9 Å². The molecule has 1 aliphatic rings. The Labute approximate surface area is 131 Å². The quantitative estimate of drug-likeness (QED) is 0.848. The van der Waals surface area contributed by atoms with Gasteiger partial charge in [0.1, 0.15) is 5.75 Å². The molecular weight excluding hydrogens is 278 g/mol. The first-order chi connectivity index (χ1) is 10.7. The van der Waals surface area contributed by atoms with Gasteiger partial charge in [-0.3, -0.25) is 9.58 Å². The number of rotatable bonds is 5. The summed E-state index contributed by atoms with van der Waals surface area (Å²) in [5, 5.41) is 4.60. The molecule has 2 aromatic rings. The van der Waals surface area contributed by atoms with E-state index in [-0.39, 0.29) is 0 Å². The fourth-order valence-electron chi connectivity index (χ4n) is 3.16. The van der Waals surface area contributed by atoms with E-state index in [2.05, 4.69) is 28.3 Å². The number of benzene rings is 1. The van der Waals surface area contributed by atoms with Crippen LogP contribution in [0.15, 0.2) is 30.5 Å². The van der Waals surface area contributed by atoms with Crippen molar-refractivity contribution in [2.75, 3.05) is 27.4 Å². The summed E-state index contributed by atoms with van der Waals surface area (Å²) in [5.41, 5.74) is 3.79. The standard InChI is InChI=1S/C17H23N3O2/c1-19-10-16-14(12-21-2)9-20(11-17(16)18-19)8-13-4-6-15(22-3)7-5-13/h4-7,10,14H,8-9,11-12H2,1-3H3. The maximum absolute atomic E-state index is 5.40. The van der Waals surface area contributed by atoms with Crippen molar-refractivity contribution in [3.8, 4) is 5.75 Å². The molecule has 0 fully saturated rings. The molecule has 0 spiro atoms. The molecule has 0 saturated carbocycles. The molecule has 22 heavy (non-hydrogen) atoms. The third-order valence-electron chi connectivity index (χ3n) is 4.16. The van der Waals surface area contributed by atoms with Gasteiger partial charge >= 0.3 is 0 Å². The number of fused-ring (bicyclic) bond motifs is 1. The Kier molecular flexibility index (Phi) is 4.45. The zero-order valence-electron chi connectivity index (χ0n) is 13.5. The van der Waals surface area contributed by atoms with E-state index < -0.39 is 0 Å². The third kappa shape index (κ3) is 3.15. The summed E-state index contributed by atoms with van der Waals surface area (Å²) < 4.78 is 12.5. The van der Waals surface area contributed by atoms with E-state index >= 15 is 0 Å². The van der Waals surface area contributed by atoms with Gasteiger partial charge in [0.25, 0.3) is 0 Å². The van der Waals surface area contributed by atoms with Crippen molar-refractivity contribution >= 4 is 0 Å². The molecular formula is C17H23N3O2. The Hall–Kier alpha value is -1.85. The van der Waals surface area contributed by atoms with Gasteiger partial charge in [0.15, 0.2) is 0 Å². The normalized spacial score (nSPS) is 18.2. The molecule has 1 unspecified atom stereocenters. The molecule has 118 valence electrons. The summed E-state index contributed by atoms with van der Waals surface area (Å²) in [4.78, 5) is 2.43. The van der Waals surface area contributed by atoms with Gasteiger partial charge in [-0.25, -0.2) is 0 Å². The minimum absolute atomic E-state index is 0.390. The number of ether oxygens (including phenoxy) is 2. The predicted molar refractivity (Wildman–Crippen MR) is 84.9 cm³/mol. The Morgan fingerprint density at radius 2 is 2.00 bits per heavy atom. The van der Waals surface area contributed by atoms with Crippen LogP contribution in [0.5, 0.6) is 5.75 Å². The largest absolute Gasteiger partial charge is 0.497 e. The maximum atomic E-state index is 5.40. The van der Waals surface area contributed by atoms with E-state index in [4.69, 9.17) is 9.47 Å². The number of hydrogen-bond acceptors (Lipinski definition) is 4. The van der Waals surface area contributed by atoms with Crippen LogP contribution in [0.1, 0.15) is 22.7 Å². The van der Waals surface area contributed by atoms with Crippen LogP contribution in [0.2, 0.25) is 0 Å². The molecule has 1 aromatic carbocycles. The molecule has 0 bridgehead atoms. The highest BCUT2D eigenvalue weighted by Gasteiger charge is 2.27.